The smallest absolute Gasteiger partial charge is 0.0392 e. The van der Waals surface area contributed by atoms with E-state index in [1.165, 1.54) is 18.5 Å². The van der Waals surface area contributed by atoms with Crippen molar-refractivity contribution in [3.8, 4) is 0 Å². The van der Waals surface area contributed by atoms with Crippen LogP contribution in [0.25, 0.3) is 0 Å². The lowest BCUT2D eigenvalue weighted by molar-refractivity contribution is 0.438. The van der Waals surface area contributed by atoms with Crippen LogP contribution in [0.1, 0.15) is 39.2 Å². The molecule has 0 saturated carbocycles. The molecule has 0 aliphatic carbocycles. The van der Waals surface area contributed by atoms with Crippen LogP contribution in [0.2, 0.25) is 0 Å². The summed E-state index contributed by atoms with van der Waals surface area (Å²) in [6.07, 6.45) is 2.43. The molecule has 0 aliphatic heterocycles. The Morgan fingerprint density at radius 1 is 1.25 bits per heavy atom. The zero-order valence-electron chi connectivity index (χ0n) is 10.9. The minimum absolute atomic E-state index is 0.496. The van der Waals surface area contributed by atoms with E-state index in [-0.39, 0.29) is 0 Å². The van der Waals surface area contributed by atoms with Gasteiger partial charge in [-0.1, -0.05) is 32.8 Å². The van der Waals surface area contributed by atoms with Crippen molar-refractivity contribution in [3.63, 3.8) is 0 Å². The van der Waals surface area contributed by atoms with Gasteiger partial charge in [-0.05, 0) is 37.5 Å². The molecule has 1 unspecified atom stereocenters. The van der Waals surface area contributed by atoms with Crippen molar-refractivity contribution in [2.45, 2.75) is 46.6 Å². The van der Waals surface area contributed by atoms with Crippen LogP contribution in [0, 0.1) is 12.8 Å². The molecule has 0 fully saturated rings. The fourth-order valence-electron chi connectivity index (χ4n) is 2.17. The van der Waals surface area contributed by atoms with E-state index in [1.54, 1.807) is 0 Å². The molecule has 16 heavy (non-hydrogen) atoms. The second kappa shape index (κ2) is 5.78. The Hall–Kier alpha value is -1.18. The molecule has 3 N–H and O–H groups in total. The number of anilines is 2. The van der Waals surface area contributed by atoms with Crippen LogP contribution in [-0.4, -0.2) is 6.04 Å². The third-order valence-corrected chi connectivity index (χ3v) is 3.51. The molecule has 90 valence electrons. The van der Waals surface area contributed by atoms with E-state index < -0.39 is 0 Å². The third-order valence-electron chi connectivity index (χ3n) is 3.51. The van der Waals surface area contributed by atoms with Gasteiger partial charge in [-0.2, -0.15) is 0 Å². The highest BCUT2D eigenvalue weighted by Crippen LogP contribution is 2.24. The molecule has 0 amide bonds. The van der Waals surface area contributed by atoms with Gasteiger partial charge in [-0.25, -0.2) is 0 Å². The van der Waals surface area contributed by atoms with E-state index in [0.29, 0.717) is 6.04 Å². The topological polar surface area (TPSA) is 38.0 Å². The summed E-state index contributed by atoms with van der Waals surface area (Å²) in [6.45, 7) is 8.81. The number of nitrogen functional groups attached to an aromatic ring is 1. The van der Waals surface area contributed by atoms with Crippen molar-refractivity contribution in [2.24, 2.45) is 5.92 Å². The fraction of sp³-hybridized carbons (Fsp3) is 0.571. The minimum atomic E-state index is 0.496. The number of nitrogens with two attached hydrogens (primary N) is 1. The highest BCUT2D eigenvalue weighted by molar-refractivity contribution is 5.63. The highest BCUT2D eigenvalue weighted by atomic mass is 14.9. The summed E-state index contributed by atoms with van der Waals surface area (Å²) in [5.41, 5.74) is 9.08. The average Bonchev–Trinajstić information content (AvgIpc) is 2.26. The normalized spacial score (nSPS) is 12.8. The third kappa shape index (κ3) is 2.91. The van der Waals surface area contributed by atoms with E-state index in [9.17, 15) is 0 Å². The molecule has 0 bridgehead atoms. The van der Waals surface area contributed by atoms with Crippen LogP contribution in [-0.2, 0) is 0 Å². The first-order valence-electron chi connectivity index (χ1n) is 6.21. The van der Waals surface area contributed by atoms with Crippen molar-refractivity contribution >= 4 is 11.4 Å². The Balaban J connectivity index is 2.76. The van der Waals surface area contributed by atoms with Gasteiger partial charge in [0.05, 0.1) is 0 Å². The Labute approximate surface area is 99.2 Å². The average molecular weight is 220 g/mol. The largest absolute Gasteiger partial charge is 0.398 e. The Bertz CT molecular complexity index is 330. The number of rotatable bonds is 5. The standard InChI is InChI=1S/C14H24N2/c1-5-12(6-2)11(4)16-14-9-7-8-13(15)10(14)3/h7-9,11-12,16H,5-6,15H2,1-4H3. The van der Waals surface area contributed by atoms with Gasteiger partial charge in [0.1, 0.15) is 0 Å². The van der Waals surface area contributed by atoms with Gasteiger partial charge in [0.2, 0.25) is 0 Å². The van der Waals surface area contributed by atoms with E-state index in [2.05, 4.69) is 39.1 Å². The van der Waals surface area contributed by atoms with Crippen LogP contribution >= 0.6 is 0 Å². The summed E-state index contributed by atoms with van der Waals surface area (Å²) in [5, 5.41) is 3.57. The molecular weight excluding hydrogens is 196 g/mol. The SMILES string of the molecule is CCC(CC)C(C)Nc1cccc(N)c1C. The zero-order chi connectivity index (χ0) is 12.1. The summed E-state index contributed by atoms with van der Waals surface area (Å²) in [5.74, 6) is 0.723. The van der Waals surface area contributed by atoms with Crippen molar-refractivity contribution in [1.29, 1.82) is 0 Å². The number of benzene rings is 1. The van der Waals surface area contributed by atoms with E-state index >= 15 is 0 Å². The molecule has 0 aliphatic rings. The van der Waals surface area contributed by atoms with E-state index in [0.717, 1.165) is 17.2 Å². The number of hydrogen-bond acceptors (Lipinski definition) is 2. The molecule has 1 aromatic rings. The highest BCUT2D eigenvalue weighted by Gasteiger charge is 2.14. The maximum absolute atomic E-state index is 5.90. The Morgan fingerprint density at radius 2 is 1.88 bits per heavy atom. The first kappa shape index (κ1) is 12.9. The van der Waals surface area contributed by atoms with E-state index in [1.807, 2.05) is 12.1 Å². The van der Waals surface area contributed by atoms with Crippen LogP contribution in [0.4, 0.5) is 11.4 Å². The fourth-order valence-corrected chi connectivity index (χ4v) is 2.17. The molecule has 2 nitrogen and oxygen atoms in total. The predicted molar refractivity (Wildman–Crippen MR) is 72.7 cm³/mol. The molecule has 1 rings (SSSR count). The quantitative estimate of drug-likeness (QED) is 0.740. The first-order valence-corrected chi connectivity index (χ1v) is 6.21. The predicted octanol–water partition coefficient (Wildman–Crippen LogP) is 3.81. The summed E-state index contributed by atoms with van der Waals surface area (Å²) >= 11 is 0. The summed E-state index contributed by atoms with van der Waals surface area (Å²) in [7, 11) is 0. The minimum Gasteiger partial charge on any atom is -0.398 e. The summed E-state index contributed by atoms with van der Waals surface area (Å²) < 4.78 is 0. The lowest BCUT2D eigenvalue weighted by Gasteiger charge is -2.24. The lowest BCUT2D eigenvalue weighted by atomic mass is 9.95. The molecule has 0 aromatic heterocycles. The molecule has 1 aromatic carbocycles. The lowest BCUT2D eigenvalue weighted by Crippen LogP contribution is -2.25. The van der Waals surface area contributed by atoms with Crippen molar-refractivity contribution < 1.29 is 0 Å². The molecule has 0 heterocycles. The van der Waals surface area contributed by atoms with Gasteiger partial charge in [-0.3, -0.25) is 0 Å². The first-order chi connectivity index (χ1) is 7.60. The van der Waals surface area contributed by atoms with Crippen LogP contribution in [0.15, 0.2) is 18.2 Å². The van der Waals surface area contributed by atoms with Crippen LogP contribution in [0.3, 0.4) is 0 Å². The van der Waals surface area contributed by atoms with Crippen molar-refractivity contribution in [1.82, 2.24) is 0 Å². The zero-order valence-corrected chi connectivity index (χ0v) is 10.9. The van der Waals surface area contributed by atoms with Crippen LogP contribution < -0.4 is 11.1 Å². The van der Waals surface area contributed by atoms with Crippen LogP contribution in [0.5, 0.6) is 0 Å². The summed E-state index contributed by atoms with van der Waals surface area (Å²) in [6, 6.07) is 6.55. The van der Waals surface area contributed by atoms with Gasteiger partial charge >= 0.3 is 0 Å². The van der Waals surface area contributed by atoms with Gasteiger partial charge in [0, 0.05) is 17.4 Å². The second-order valence-corrected chi connectivity index (χ2v) is 4.53. The maximum atomic E-state index is 5.90. The molecular formula is C14H24N2. The van der Waals surface area contributed by atoms with Crippen molar-refractivity contribution in [2.75, 3.05) is 11.1 Å². The Morgan fingerprint density at radius 3 is 2.44 bits per heavy atom. The molecule has 0 radical (unpaired) electrons. The van der Waals surface area contributed by atoms with Gasteiger partial charge in [0.15, 0.2) is 0 Å². The molecule has 0 saturated heterocycles. The monoisotopic (exact) mass is 220 g/mol. The van der Waals surface area contributed by atoms with Gasteiger partial charge in [-0.15, -0.1) is 0 Å². The Kier molecular flexibility index (Phi) is 4.66. The van der Waals surface area contributed by atoms with E-state index in [4.69, 9.17) is 5.73 Å². The maximum Gasteiger partial charge on any atom is 0.0392 e. The number of nitrogens with one attached hydrogen (secondary N) is 1. The van der Waals surface area contributed by atoms with Gasteiger partial charge < -0.3 is 11.1 Å². The number of hydrogen-bond donors (Lipinski definition) is 2. The summed E-state index contributed by atoms with van der Waals surface area (Å²) in [4.78, 5) is 0. The molecule has 1 atom stereocenters. The van der Waals surface area contributed by atoms with Gasteiger partial charge in [0.25, 0.3) is 0 Å². The van der Waals surface area contributed by atoms with Crippen molar-refractivity contribution in [3.05, 3.63) is 23.8 Å². The molecule has 2 heteroatoms. The molecule has 0 spiro atoms. The second-order valence-electron chi connectivity index (χ2n) is 4.53.